The number of halogens is 2. The summed E-state index contributed by atoms with van der Waals surface area (Å²) in [5.74, 6) is 2.38. The van der Waals surface area contributed by atoms with Gasteiger partial charge in [0.2, 0.25) is 0 Å². The summed E-state index contributed by atoms with van der Waals surface area (Å²) in [6, 6.07) is 0. The Morgan fingerprint density at radius 3 is 2.52 bits per heavy atom. The molecular weight excluding hydrogens is 450 g/mol. The maximum absolute atomic E-state index is 2.68. The standard InChI is InChI=1S/C24H37.2ClH.Zr/c1-5-24(6-2)18-16-21-14-9-15-22(21)23(24,4)17-10-11-19(3)20-12-7-8-13-20;;;/h7-8,12,15-16,18-19,21-22H,5-6,9-11,13-14,17H2,1-4H3;2*1H;/q-1;;;+3/p-2. The second kappa shape index (κ2) is 11.8. The van der Waals surface area contributed by atoms with Gasteiger partial charge in [0.05, 0.1) is 0 Å². The van der Waals surface area contributed by atoms with Crippen molar-refractivity contribution in [1.82, 2.24) is 0 Å². The van der Waals surface area contributed by atoms with Crippen LogP contribution in [0.3, 0.4) is 0 Å². The third kappa shape index (κ3) is 5.24. The van der Waals surface area contributed by atoms with E-state index < -0.39 is 0 Å². The number of hydrogen-bond donors (Lipinski definition) is 0. The van der Waals surface area contributed by atoms with Crippen molar-refractivity contribution in [3.63, 3.8) is 0 Å². The third-order valence-electron chi connectivity index (χ3n) is 7.95. The zero-order valence-electron chi connectivity index (χ0n) is 17.6. The molecular formula is C24H37Cl2Zr. The maximum atomic E-state index is 2.68. The Morgan fingerprint density at radius 1 is 1.22 bits per heavy atom. The van der Waals surface area contributed by atoms with E-state index >= 15 is 0 Å². The van der Waals surface area contributed by atoms with Crippen molar-refractivity contribution in [3.8, 4) is 0 Å². The van der Waals surface area contributed by atoms with Crippen molar-refractivity contribution in [3.05, 3.63) is 42.4 Å². The van der Waals surface area contributed by atoms with E-state index in [0.29, 0.717) is 10.8 Å². The monoisotopic (exact) mass is 485 g/mol. The van der Waals surface area contributed by atoms with E-state index in [0.717, 1.165) is 17.8 Å². The molecule has 1 fully saturated rings. The van der Waals surface area contributed by atoms with Crippen LogP contribution in [-0.4, -0.2) is 0 Å². The molecule has 0 heterocycles. The Labute approximate surface area is 200 Å². The molecule has 3 rings (SSSR count). The first-order valence-electron chi connectivity index (χ1n) is 10.4. The maximum Gasteiger partial charge on any atom is 3.00 e. The van der Waals surface area contributed by atoms with E-state index in [-0.39, 0.29) is 51.0 Å². The summed E-state index contributed by atoms with van der Waals surface area (Å²) in [4.78, 5) is 0. The molecule has 27 heavy (non-hydrogen) atoms. The molecule has 1 radical (unpaired) electrons. The fourth-order valence-corrected chi connectivity index (χ4v) is 6.10. The molecule has 0 amide bonds. The summed E-state index contributed by atoms with van der Waals surface area (Å²) >= 11 is 0. The number of hydrogen-bond acceptors (Lipinski definition) is 0. The summed E-state index contributed by atoms with van der Waals surface area (Å²) in [5.41, 5.74) is 2.51. The van der Waals surface area contributed by atoms with Crippen LogP contribution in [0.5, 0.6) is 0 Å². The van der Waals surface area contributed by atoms with Crippen LogP contribution in [0.1, 0.15) is 79.1 Å². The summed E-state index contributed by atoms with van der Waals surface area (Å²) < 4.78 is 0. The van der Waals surface area contributed by atoms with Gasteiger partial charge in [-0.25, -0.2) is 0 Å². The van der Waals surface area contributed by atoms with Crippen molar-refractivity contribution in [2.24, 2.45) is 28.6 Å². The summed E-state index contributed by atoms with van der Waals surface area (Å²) in [6.07, 6.45) is 25.4. The van der Waals surface area contributed by atoms with E-state index in [2.05, 4.69) is 64.5 Å². The van der Waals surface area contributed by atoms with Crippen LogP contribution in [0.4, 0.5) is 0 Å². The van der Waals surface area contributed by atoms with Crippen LogP contribution in [0.15, 0.2) is 36.0 Å². The average molecular weight is 488 g/mol. The Morgan fingerprint density at radius 2 is 1.93 bits per heavy atom. The second-order valence-electron chi connectivity index (χ2n) is 8.81. The van der Waals surface area contributed by atoms with Crippen LogP contribution in [0.25, 0.3) is 0 Å². The molecule has 3 aliphatic carbocycles. The molecule has 0 aliphatic heterocycles. The summed E-state index contributed by atoms with van der Waals surface area (Å²) in [6.45, 7) is 9.89. The quantitative estimate of drug-likeness (QED) is 0.375. The van der Waals surface area contributed by atoms with Crippen molar-refractivity contribution in [2.75, 3.05) is 0 Å². The van der Waals surface area contributed by atoms with Crippen LogP contribution in [0, 0.1) is 35.0 Å². The van der Waals surface area contributed by atoms with Gasteiger partial charge in [0.25, 0.3) is 0 Å². The van der Waals surface area contributed by atoms with Gasteiger partial charge < -0.3 is 31.2 Å². The van der Waals surface area contributed by atoms with Gasteiger partial charge in [-0.2, -0.15) is 12.3 Å². The molecule has 0 spiro atoms. The topological polar surface area (TPSA) is 0 Å². The van der Waals surface area contributed by atoms with Gasteiger partial charge in [0.15, 0.2) is 0 Å². The molecule has 0 nitrogen and oxygen atoms in total. The Hall–Kier alpha value is 0.683. The first-order valence-corrected chi connectivity index (χ1v) is 10.4. The molecule has 4 unspecified atom stereocenters. The molecule has 3 aliphatic rings. The van der Waals surface area contributed by atoms with Gasteiger partial charge in [-0.05, 0) is 54.8 Å². The molecule has 0 N–H and O–H groups in total. The average Bonchev–Trinajstić information content (AvgIpc) is 3.27. The minimum Gasteiger partial charge on any atom is -1.00 e. The molecule has 4 atom stereocenters. The fourth-order valence-electron chi connectivity index (χ4n) is 6.10. The van der Waals surface area contributed by atoms with Crippen LogP contribution >= 0.6 is 0 Å². The van der Waals surface area contributed by atoms with Gasteiger partial charge in [-0.15, -0.1) is 0 Å². The van der Waals surface area contributed by atoms with Gasteiger partial charge in [-0.3, -0.25) is 0 Å². The first-order chi connectivity index (χ1) is 11.6. The smallest absolute Gasteiger partial charge is 1.00 e. The first kappa shape index (κ1) is 27.7. The van der Waals surface area contributed by atoms with E-state index in [1.54, 1.807) is 5.57 Å². The van der Waals surface area contributed by atoms with Gasteiger partial charge in [0, 0.05) is 0 Å². The third-order valence-corrected chi connectivity index (χ3v) is 7.95. The van der Waals surface area contributed by atoms with E-state index in [1.165, 1.54) is 51.4 Å². The largest absolute Gasteiger partial charge is 3.00 e. The molecule has 3 heteroatoms. The van der Waals surface area contributed by atoms with Crippen LogP contribution in [-0.2, 0) is 26.2 Å². The summed E-state index contributed by atoms with van der Waals surface area (Å²) in [5, 5.41) is 0. The normalized spacial score (nSPS) is 31.2. The minimum absolute atomic E-state index is 0. The zero-order chi connectivity index (χ0) is 17.2. The van der Waals surface area contributed by atoms with Gasteiger partial charge in [-0.1, -0.05) is 76.5 Å². The van der Waals surface area contributed by atoms with Crippen molar-refractivity contribution >= 4 is 0 Å². The molecule has 0 aromatic carbocycles. The SMILES string of the molecule is CCC1(CC)C=CC2CC[CH-]C2C1(C)CCCC(C)C1=CC=CC1.[Cl-].[Cl-].[Zr+3]. The predicted molar refractivity (Wildman–Crippen MR) is 106 cm³/mol. The van der Waals surface area contributed by atoms with E-state index in [9.17, 15) is 0 Å². The molecule has 0 aromatic heterocycles. The number of allylic oxidation sites excluding steroid dienone is 6. The Bertz CT molecular complexity index is 532. The molecule has 0 bridgehead atoms. The molecule has 151 valence electrons. The van der Waals surface area contributed by atoms with Crippen LogP contribution in [0.2, 0.25) is 0 Å². The van der Waals surface area contributed by atoms with E-state index in [1.807, 2.05) is 0 Å². The van der Waals surface area contributed by atoms with Gasteiger partial charge in [0.1, 0.15) is 0 Å². The zero-order valence-corrected chi connectivity index (χ0v) is 21.6. The Kier molecular flexibility index (Phi) is 12.1. The van der Waals surface area contributed by atoms with Crippen molar-refractivity contribution < 1.29 is 51.0 Å². The number of fused-ring (bicyclic) bond motifs is 1. The fraction of sp³-hybridized carbons (Fsp3) is 0.708. The Balaban J connectivity index is 0.00000225. The van der Waals surface area contributed by atoms with Crippen molar-refractivity contribution in [1.29, 1.82) is 0 Å². The molecule has 0 saturated heterocycles. The summed E-state index contributed by atoms with van der Waals surface area (Å²) in [7, 11) is 0. The van der Waals surface area contributed by atoms with Crippen LogP contribution < -0.4 is 24.8 Å². The predicted octanol–water partition coefficient (Wildman–Crippen LogP) is 1.30. The van der Waals surface area contributed by atoms with Crippen molar-refractivity contribution in [2.45, 2.75) is 79.1 Å². The second-order valence-corrected chi connectivity index (χ2v) is 8.81. The minimum atomic E-state index is 0. The number of rotatable bonds is 7. The van der Waals surface area contributed by atoms with Gasteiger partial charge >= 0.3 is 26.2 Å². The molecule has 0 aromatic rings. The van der Waals surface area contributed by atoms with E-state index in [4.69, 9.17) is 0 Å². The molecule has 1 saturated carbocycles.